The Bertz CT molecular complexity index is 1230. The van der Waals surface area contributed by atoms with E-state index in [1.807, 2.05) is 17.0 Å². The van der Waals surface area contributed by atoms with Crippen LogP contribution in [0, 0.1) is 0 Å². The summed E-state index contributed by atoms with van der Waals surface area (Å²) in [5.74, 6) is 1.53. The van der Waals surface area contributed by atoms with Crippen LogP contribution in [0.1, 0.15) is 24.3 Å². The molecule has 0 unspecified atom stereocenters. The van der Waals surface area contributed by atoms with E-state index in [1.165, 1.54) is 10.9 Å². The van der Waals surface area contributed by atoms with Crippen LogP contribution in [-0.4, -0.2) is 67.4 Å². The molecule has 31 heavy (non-hydrogen) atoms. The van der Waals surface area contributed by atoms with Gasteiger partial charge < -0.3 is 19.5 Å². The maximum atomic E-state index is 13.0. The number of amides is 1. The van der Waals surface area contributed by atoms with E-state index in [-0.39, 0.29) is 11.7 Å². The minimum absolute atomic E-state index is 0.0252. The lowest BCUT2D eigenvalue weighted by Crippen LogP contribution is -2.41. The lowest BCUT2D eigenvalue weighted by molar-refractivity contribution is -0.127. The number of sulfonamides is 1. The number of aromatic nitrogens is 1. The molecule has 2 aromatic rings. The van der Waals surface area contributed by atoms with Crippen molar-refractivity contribution in [3.05, 3.63) is 53.9 Å². The number of fused-ring (bicyclic) bond motifs is 2. The molecule has 4 heterocycles. The van der Waals surface area contributed by atoms with Crippen molar-refractivity contribution in [1.82, 2.24) is 14.8 Å². The van der Waals surface area contributed by atoms with Crippen LogP contribution in [0.25, 0.3) is 10.9 Å². The van der Waals surface area contributed by atoms with E-state index in [0.717, 1.165) is 24.1 Å². The van der Waals surface area contributed by atoms with Crippen LogP contribution < -0.4 is 4.74 Å². The summed E-state index contributed by atoms with van der Waals surface area (Å²) in [6.07, 6.45) is 8.84. The largest absolute Gasteiger partial charge is 0.497 e. The third-order valence-corrected chi connectivity index (χ3v) is 7.38. The molecule has 162 valence electrons. The third kappa shape index (κ3) is 3.74. The van der Waals surface area contributed by atoms with Gasteiger partial charge in [-0.05, 0) is 54.7 Å². The zero-order chi connectivity index (χ0) is 21.6. The molecule has 0 saturated carbocycles. The number of ether oxygens (including phenoxy) is 1. The number of likely N-dealkylation sites (tertiary alicyclic amines) is 1. The van der Waals surface area contributed by atoms with Crippen LogP contribution in [0.15, 0.2) is 52.7 Å². The Labute approximate surface area is 180 Å². The van der Waals surface area contributed by atoms with Gasteiger partial charge in [0.1, 0.15) is 11.6 Å². The molecule has 1 aromatic heterocycles. The SMILES string of the molecule is COc1ccc2[nH]cc(C3CCN(C(=O)C4=CN5CCS(=O)(=O)N=C5C=C4)CC3)c2c1. The summed E-state index contributed by atoms with van der Waals surface area (Å²) < 4.78 is 32.5. The van der Waals surface area contributed by atoms with Crippen LogP contribution in [-0.2, 0) is 14.8 Å². The zero-order valence-electron chi connectivity index (χ0n) is 17.2. The monoisotopic (exact) mass is 440 g/mol. The van der Waals surface area contributed by atoms with Crippen molar-refractivity contribution in [2.45, 2.75) is 18.8 Å². The Morgan fingerprint density at radius 2 is 2.00 bits per heavy atom. The van der Waals surface area contributed by atoms with E-state index in [1.54, 1.807) is 30.4 Å². The number of nitrogens with one attached hydrogen (secondary N) is 1. The fourth-order valence-corrected chi connectivity index (χ4v) is 5.46. The Morgan fingerprint density at radius 3 is 2.77 bits per heavy atom. The zero-order valence-corrected chi connectivity index (χ0v) is 18.1. The van der Waals surface area contributed by atoms with Crippen LogP contribution in [0.5, 0.6) is 5.75 Å². The number of benzene rings is 1. The van der Waals surface area contributed by atoms with Gasteiger partial charge in [-0.25, -0.2) is 8.42 Å². The molecule has 3 aliphatic heterocycles. The molecule has 8 nitrogen and oxygen atoms in total. The van der Waals surface area contributed by atoms with Gasteiger partial charge in [-0.3, -0.25) is 4.79 Å². The highest BCUT2D eigenvalue weighted by Gasteiger charge is 2.29. The second-order valence-electron chi connectivity index (χ2n) is 8.07. The maximum Gasteiger partial charge on any atom is 0.256 e. The summed E-state index contributed by atoms with van der Waals surface area (Å²) in [5.41, 5.74) is 2.93. The number of piperidine rings is 1. The van der Waals surface area contributed by atoms with Crippen LogP contribution in [0.2, 0.25) is 0 Å². The first kappa shape index (κ1) is 19.9. The van der Waals surface area contributed by atoms with Gasteiger partial charge in [-0.1, -0.05) is 0 Å². The highest BCUT2D eigenvalue weighted by atomic mass is 32.2. The highest BCUT2D eigenvalue weighted by Crippen LogP contribution is 2.35. The lowest BCUT2D eigenvalue weighted by atomic mass is 9.89. The first-order valence-electron chi connectivity index (χ1n) is 10.4. The smallest absolute Gasteiger partial charge is 0.256 e. The van der Waals surface area contributed by atoms with Gasteiger partial charge in [0, 0.05) is 42.9 Å². The van der Waals surface area contributed by atoms with Crippen LogP contribution >= 0.6 is 0 Å². The summed E-state index contributed by atoms with van der Waals surface area (Å²) in [7, 11) is -1.73. The van der Waals surface area contributed by atoms with Crippen LogP contribution in [0.3, 0.4) is 0 Å². The van der Waals surface area contributed by atoms with Crippen molar-refractivity contribution in [3.8, 4) is 5.75 Å². The minimum atomic E-state index is -3.40. The van der Waals surface area contributed by atoms with Gasteiger partial charge in [-0.2, -0.15) is 0 Å². The van der Waals surface area contributed by atoms with Crippen molar-refractivity contribution in [2.24, 2.45) is 4.40 Å². The number of rotatable bonds is 3. The van der Waals surface area contributed by atoms with Gasteiger partial charge in [0.05, 0.1) is 18.4 Å². The van der Waals surface area contributed by atoms with E-state index in [9.17, 15) is 13.2 Å². The normalized spacial score (nSPS) is 20.9. The molecule has 0 bridgehead atoms. The molecule has 1 aromatic carbocycles. The highest BCUT2D eigenvalue weighted by molar-refractivity contribution is 7.90. The fraction of sp³-hybridized carbons (Fsp3) is 0.364. The number of carbonyl (C=O) groups excluding carboxylic acids is 1. The molecule has 9 heteroatoms. The number of aromatic amines is 1. The summed E-state index contributed by atoms with van der Waals surface area (Å²) in [6.45, 7) is 1.68. The van der Waals surface area contributed by atoms with Crippen molar-refractivity contribution in [3.63, 3.8) is 0 Å². The van der Waals surface area contributed by atoms with Gasteiger partial charge in [0.15, 0.2) is 0 Å². The number of hydrogen-bond donors (Lipinski definition) is 1. The van der Waals surface area contributed by atoms with Crippen molar-refractivity contribution >= 4 is 32.7 Å². The maximum absolute atomic E-state index is 13.0. The molecule has 1 saturated heterocycles. The van der Waals surface area contributed by atoms with E-state index in [0.29, 0.717) is 37.0 Å². The first-order chi connectivity index (χ1) is 14.9. The van der Waals surface area contributed by atoms with E-state index in [2.05, 4.69) is 21.6 Å². The first-order valence-corrected chi connectivity index (χ1v) is 12.0. The summed E-state index contributed by atoms with van der Waals surface area (Å²) >= 11 is 0. The van der Waals surface area contributed by atoms with Crippen molar-refractivity contribution in [1.29, 1.82) is 0 Å². The Morgan fingerprint density at radius 1 is 1.19 bits per heavy atom. The Balaban J connectivity index is 1.28. The van der Waals surface area contributed by atoms with E-state index >= 15 is 0 Å². The average molecular weight is 441 g/mol. The molecule has 0 atom stereocenters. The summed E-state index contributed by atoms with van der Waals surface area (Å²) in [6, 6.07) is 6.04. The molecule has 5 rings (SSSR count). The topological polar surface area (TPSA) is 95.1 Å². The van der Waals surface area contributed by atoms with Gasteiger partial charge in [0.25, 0.3) is 15.9 Å². The second kappa shape index (κ2) is 7.56. The second-order valence-corrected chi connectivity index (χ2v) is 9.82. The molecule has 0 radical (unpaired) electrons. The van der Waals surface area contributed by atoms with Gasteiger partial charge >= 0.3 is 0 Å². The summed E-state index contributed by atoms with van der Waals surface area (Å²) in [4.78, 5) is 20.0. The molecular formula is C22H24N4O4S. The van der Waals surface area contributed by atoms with Gasteiger partial charge in [0.2, 0.25) is 0 Å². The predicted molar refractivity (Wildman–Crippen MR) is 119 cm³/mol. The fourth-order valence-electron chi connectivity index (χ4n) is 4.49. The standard InChI is InChI=1S/C22H24N4O4S/c1-30-17-3-4-20-18(12-17)19(13-23-20)15-6-8-25(9-7-15)22(27)16-2-5-21-24-31(28,29)11-10-26(21)14-16/h2-5,12-15,23H,6-11H2,1H3. The Hall–Kier alpha value is -3.07. The minimum Gasteiger partial charge on any atom is -0.497 e. The summed E-state index contributed by atoms with van der Waals surface area (Å²) in [5, 5.41) is 1.17. The quantitative estimate of drug-likeness (QED) is 0.791. The number of amidine groups is 1. The van der Waals surface area contributed by atoms with E-state index in [4.69, 9.17) is 4.74 Å². The van der Waals surface area contributed by atoms with Crippen LogP contribution in [0.4, 0.5) is 0 Å². The van der Waals surface area contributed by atoms with E-state index < -0.39 is 10.0 Å². The molecular weight excluding hydrogens is 416 g/mol. The molecule has 0 aliphatic carbocycles. The lowest BCUT2D eigenvalue weighted by Gasteiger charge is -2.33. The molecule has 1 amide bonds. The molecule has 0 spiro atoms. The Kier molecular flexibility index (Phi) is 4.85. The van der Waals surface area contributed by atoms with Gasteiger partial charge in [-0.15, -0.1) is 4.40 Å². The predicted octanol–water partition coefficient (Wildman–Crippen LogP) is 2.38. The third-order valence-electron chi connectivity index (χ3n) is 6.21. The number of hydrogen-bond acceptors (Lipinski definition) is 5. The van der Waals surface area contributed by atoms with Crippen molar-refractivity contribution < 1.29 is 17.9 Å². The average Bonchev–Trinajstić information content (AvgIpc) is 3.21. The molecule has 1 N–H and O–H groups in total. The molecule has 3 aliphatic rings. The van der Waals surface area contributed by atoms with Crippen molar-refractivity contribution in [2.75, 3.05) is 32.5 Å². The number of nitrogens with zero attached hydrogens (tertiary/aromatic N) is 3. The number of methoxy groups -OCH3 is 1. The molecule has 1 fully saturated rings. The number of carbonyl (C=O) groups is 1. The number of H-pyrrole nitrogens is 1.